The predicted molar refractivity (Wildman–Crippen MR) is 173 cm³/mol. The van der Waals surface area contributed by atoms with Crippen LogP contribution in [0.5, 0.6) is 0 Å². The average molecular weight is 589 g/mol. The van der Waals surface area contributed by atoms with Gasteiger partial charge in [0.2, 0.25) is 0 Å². The zero-order valence-corrected chi connectivity index (χ0v) is 25.1. The van der Waals surface area contributed by atoms with Crippen molar-refractivity contribution in [3.8, 4) is 11.1 Å². The van der Waals surface area contributed by atoms with Gasteiger partial charge >= 0.3 is 6.09 Å². The van der Waals surface area contributed by atoms with Crippen LogP contribution in [0.3, 0.4) is 0 Å². The number of ketones is 1. The van der Waals surface area contributed by atoms with E-state index in [2.05, 4.69) is 41.7 Å². The molecule has 1 saturated carbocycles. The first-order chi connectivity index (χ1) is 21.2. The highest BCUT2D eigenvalue weighted by molar-refractivity contribution is 6.02. The fourth-order valence-electron chi connectivity index (χ4n) is 6.73. The third kappa shape index (κ3) is 5.64. The van der Waals surface area contributed by atoms with Crippen LogP contribution >= 0.6 is 0 Å². The molecular weight excluding hydrogens is 551 g/mol. The molecule has 0 aromatic heterocycles. The van der Waals surface area contributed by atoms with Gasteiger partial charge in [0.1, 0.15) is 11.9 Å². The lowest BCUT2D eigenvalue weighted by Crippen LogP contribution is -2.54. The zero-order valence-electron chi connectivity index (χ0n) is 25.1. The fourth-order valence-corrected chi connectivity index (χ4v) is 6.73. The molecule has 1 amide bonds. The summed E-state index contributed by atoms with van der Waals surface area (Å²) in [5.41, 5.74) is 11.3. The Balaban J connectivity index is 0.000000433. The molecule has 2 atom stereocenters. The largest absolute Gasteiger partial charge is 0.444 e. The Hall–Kier alpha value is -4.71. The van der Waals surface area contributed by atoms with Gasteiger partial charge in [0.05, 0.1) is 5.92 Å². The Morgan fingerprint density at radius 1 is 0.909 bits per heavy atom. The number of primary amides is 1. The molecule has 1 fully saturated rings. The molecule has 44 heavy (non-hydrogen) atoms. The number of carbonyl (C=O) groups excluding carboxylic acids is 2. The second-order valence-corrected chi connectivity index (χ2v) is 12.4. The van der Waals surface area contributed by atoms with Crippen LogP contribution in [0.15, 0.2) is 91.3 Å². The van der Waals surface area contributed by atoms with Crippen LogP contribution in [0.4, 0.5) is 9.18 Å². The summed E-state index contributed by atoms with van der Waals surface area (Å²) in [6, 6.07) is 16.6. The van der Waals surface area contributed by atoms with E-state index in [4.69, 9.17) is 10.5 Å². The Morgan fingerprint density at radius 2 is 1.61 bits per heavy atom. The predicted octanol–water partition coefficient (Wildman–Crippen LogP) is 6.30. The van der Waals surface area contributed by atoms with E-state index in [9.17, 15) is 14.0 Å². The van der Waals surface area contributed by atoms with Gasteiger partial charge < -0.3 is 15.8 Å². The first-order valence-electron chi connectivity index (χ1n) is 15.2. The van der Waals surface area contributed by atoms with Gasteiger partial charge in [-0.05, 0) is 99.9 Å². The first kappa shape index (κ1) is 29.4. The van der Waals surface area contributed by atoms with Crippen molar-refractivity contribution in [3.63, 3.8) is 0 Å². The summed E-state index contributed by atoms with van der Waals surface area (Å²) in [4.78, 5) is 25.6. The number of carbonyl (C=O) groups is 2. The third-order valence-electron chi connectivity index (χ3n) is 9.28. The maximum absolute atomic E-state index is 13.7. The fraction of sp³-hybridized carbons (Fsp3) is 0.263. The summed E-state index contributed by atoms with van der Waals surface area (Å²) in [5, 5.41) is 5.01. The van der Waals surface area contributed by atoms with Gasteiger partial charge in [-0.3, -0.25) is 4.79 Å². The van der Waals surface area contributed by atoms with E-state index in [1.165, 1.54) is 60.2 Å². The average Bonchev–Trinajstić information content (AvgIpc) is 3.31. The molecule has 1 heterocycles. The lowest BCUT2D eigenvalue weighted by Gasteiger charge is -2.41. The molecule has 0 spiro atoms. The number of nitrogens with two attached hydrogens (primary N) is 1. The van der Waals surface area contributed by atoms with Crippen LogP contribution in [0, 0.1) is 11.7 Å². The van der Waals surface area contributed by atoms with E-state index >= 15 is 0 Å². The molecule has 6 heteroatoms. The topological polar surface area (TPSA) is 81.4 Å². The second kappa shape index (κ2) is 12.1. The van der Waals surface area contributed by atoms with Crippen molar-refractivity contribution in [1.29, 1.82) is 0 Å². The maximum atomic E-state index is 13.7. The van der Waals surface area contributed by atoms with Crippen molar-refractivity contribution in [2.75, 3.05) is 0 Å². The van der Waals surface area contributed by atoms with Gasteiger partial charge in [-0.2, -0.15) is 0 Å². The molecule has 3 aromatic carbocycles. The van der Waals surface area contributed by atoms with E-state index in [0.29, 0.717) is 11.5 Å². The molecule has 7 rings (SSSR count). The van der Waals surface area contributed by atoms with Crippen molar-refractivity contribution in [1.82, 2.24) is 5.32 Å². The van der Waals surface area contributed by atoms with Crippen LogP contribution in [0.1, 0.15) is 66.1 Å². The summed E-state index contributed by atoms with van der Waals surface area (Å²) in [7, 11) is 0. The number of ether oxygens (including phenoxy) is 1. The number of benzene rings is 3. The van der Waals surface area contributed by atoms with Gasteiger partial charge in [0, 0.05) is 23.4 Å². The number of Topliss-reactive ketones (excluding diaryl/α,β-unsaturated/α-hetero) is 1. The van der Waals surface area contributed by atoms with Crippen molar-refractivity contribution < 1.29 is 18.7 Å². The Kier molecular flexibility index (Phi) is 8.09. The lowest BCUT2D eigenvalue weighted by atomic mass is 9.67. The number of allylic oxidation sites excluding steroid dienone is 4. The van der Waals surface area contributed by atoms with Gasteiger partial charge in [-0.25, -0.2) is 9.18 Å². The lowest BCUT2D eigenvalue weighted by molar-refractivity contribution is 0.0342. The minimum absolute atomic E-state index is 0.232. The highest BCUT2D eigenvalue weighted by Gasteiger charge is 2.45. The van der Waals surface area contributed by atoms with Crippen molar-refractivity contribution in [2.24, 2.45) is 11.7 Å². The van der Waals surface area contributed by atoms with Crippen LogP contribution < -0.4 is 21.5 Å². The molecule has 4 aliphatic rings. The molecule has 3 aromatic rings. The number of rotatable bonds is 4. The summed E-state index contributed by atoms with van der Waals surface area (Å²) in [6.07, 6.45) is 18.7. The van der Waals surface area contributed by atoms with Crippen molar-refractivity contribution in [2.45, 2.75) is 57.0 Å². The van der Waals surface area contributed by atoms with E-state index in [-0.39, 0.29) is 5.78 Å². The quantitative estimate of drug-likeness (QED) is 0.351. The summed E-state index contributed by atoms with van der Waals surface area (Å²) in [6.45, 7) is 3.96. The summed E-state index contributed by atoms with van der Waals surface area (Å²) >= 11 is 0. The van der Waals surface area contributed by atoms with Crippen LogP contribution in [0.2, 0.25) is 0 Å². The Bertz CT molecular complexity index is 1800. The number of amides is 1. The monoisotopic (exact) mass is 588 g/mol. The van der Waals surface area contributed by atoms with Crippen LogP contribution in [0.25, 0.3) is 23.3 Å². The van der Waals surface area contributed by atoms with Crippen LogP contribution in [-0.4, -0.2) is 18.0 Å². The van der Waals surface area contributed by atoms with Crippen molar-refractivity contribution >= 4 is 24.0 Å². The maximum Gasteiger partial charge on any atom is 0.404 e. The van der Waals surface area contributed by atoms with E-state index in [0.717, 1.165) is 28.0 Å². The summed E-state index contributed by atoms with van der Waals surface area (Å²) < 4.78 is 19.2. The summed E-state index contributed by atoms with van der Waals surface area (Å²) in [5.74, 6) is -0.723. The SMILES string of the molecule is C1=CC=CNC=C1.CC1(C)c2ccc3c(c2=CC(C(=O)c2ccc(F)cc2)C1OC(N)=O)=CCc1cc(C2CCC2)ccc1-3. The molecule has 0 saturated heterocycles. The third-order valence-corrected chi connectivity index (χ3v) is 9.28. The standard InChI is InChI=1S/C32H30FNO3.C6H7N/c1-32(2)28-15-14-24-23-12-8-20(18-4-3-5-18)16-21(23)9-13-25(24)26(28)17-27(30(32)37-31(34)36)29(35)19-6-10-22(33)11-7-19;1-2-4-6-7-5-3-1/h6-8,10-18,27,30H,3-5,9H2,1-2H3,(H2,34,36);1-7H. The Morgan fingerprint density at radius 3 is 2.27 bits per heavy atom. The highest BCUT2D eigenvalue weighted by atomic mass is 19.1. The molecule has 3 aliphatic carbocycles. The normalized spacial score (nSPS) is 20.4. The molecule has 5 nitrogen and oxygen atoms in total. The smallest absolute Gasteiger partial charge is 0.404 e. The van der Waals surface area contributed by atoms with Gasteiger partial charge in [0.25, 0.3) is 0 Å². The molecule has 2 unspecified atom stereocenters. The van der Waals surface area contributed by atoms with Crippen LogP contribution in [-0.2, 0) is 16.6 Å². The van der Waals surface area contributed by atoms with Gasteiger partial charge in [-0.15, -0.1) is 0 Å². The minimum Gasteiger partial charge on any atom is -0.444 e. The number of hydrogen-bond donors (Lipinski definition) is 2. The number of halogens is 1. The van der Waals surface area contributed by atoms with E-state index in [1.54, 1.807) is 0 Å². The molecule has 1 aliphatic heterocycles. The Labute approximate surface area is 257 Å². The zero-order chi connectivity index (χ0) is 30.8. The van der Waals surface area contributed by atoms with E-state index in [1.807, 2.05) is 56.6 Å². The van der Waals surface area contributed by atoms with Gasteiger partial charge in [-0.1, -0.05) is 74.9 Å². The second-order valence-electron chi connectivity index (χ2n) is 12.4. The number of fused-ring (bicyclic) bond motifs is 5. The molecule has 0 radical (unpaired) electrons. The van der Waals surface area contributed by atoms with Gasteiger partial charge in [0.15, 0.2) is 5.78 Å². The molecule has 0 bridgehead atoms. The van der Waals surface area contributed by atoms with Crippen molar-refractivity contribution in [3.05, 3.63) is 130 Å². The number of hydrogen-bond acceptors (Lipinski definition) is 4. The molecular formula is C38H37FN2O3. The number of nitrogens with one attached hydrogen (secondary N) is 1. The first-order valence-corrected chi connectivity index (χ1v) is 15.2. The molecule has 224 valence electrons. The molecule has 3 N–H and O–H groups in total. The van der Waals surface area contributed by atoms with E-state index < -0.39 is 29.3 Å². The highest BCUT2D eigenvalue weighted by Crippen LogP contribution is 2.40. The minimum atomic E-state index is -0.924.